The molecule has 0 N–H and O–H groups in total. The van der Waals surface area contributed by atoms with Crippen molar-refractivity contribution in [1.82, 2.24) is 0 Å². The van der Waals surface area contributed by atoms with E-state index in [-0.39, 0.29) is 24.5 Å². The molecule has 0 fully saturated rings. The average Bonchev–Trinajstić information content (AvgIpc) is 1.63. The fourth-order valence-corrected chi connectivity index (χ4v) is 0.480. The molecule has 10 heavy (non-hydrogen) atoms. The largest absolute Gasteiger partial charge is 1.00 e. The van der Waals surface area contributed by atoms with E-state index in [4.69, 9.17) is 4.74 Å². The summed E-state index contributed by atoms with van der Waals surface area (Å²) in [6.45, 7) is 10.8. The molecule has 56 valence electrons. The van der Waals surface area contributed by atoms with Crippen LogP contribution in [-0.2, 0) is 4.74 Å². The van der Waals surface area contributed by atoms with Crippen LogP contribution >= 0.6 is 0 Å². The molecule has 0 unspecified atom stereocenters. The van der Waals surface area contributed by atoms with E-state index < -0.39 is 0 Å². The molecular formula is C8H17LiO. The zero-order valence-corrected chi connectivity index (χ0v) is 7.74. The summed E-state index contributed by atoms with van der Waals surface area (Å²) >= 11 is 0. The van der Waals surface area contributed by atoms with Gasteiger partial charge in [-0.15, -0.1) is 0 Å². The molecule has 0 aliphatic heterocycles. The van der Waals surface area contributed by atoms with E-state index in [0.717, 1.165) is 19.4 Å². The van der Waals surface area contributed by atoms with Crippen molar-refractivity contribution in [2.75, 3.05) is 6.61 Å². The maximum Gasteiger partial charge on any atom is 1.00 e. The topological polar surface area (TPSA) is 9.23 Å². The Bertz CT molecular complexity index is 66.1. The van der Waals surface area contributed by atoms with Crippen LogP contribution in [0.25, 0.3) is 0 Å². The van der Waals surface area contributed by atoms with Gasteiger partial charge in [-0.1, -0.05) is 6.42 Å². The van der Waals surface area contributed by atoms with E-state index in [2.05, 4.69) is 27.7 Å². The van der Waals surface area contributed by atoms with Crippen molar-refractivity contribution in [2.24, 2.45) is 0 Å². The van der Waals surface area contributed by atoms with Crippen molar-refractivity contribution >= 4 is 0 Å². The Hall–Kier alpha value is 0.557. The van der Waals surface area contributed by atoms with Crippen molar-refractivity contribution in [1.29, 1.82) is 0 Å². The number of ether oxygens (including phenoxy) is 1. The molecule has 1 nitrogen and oxygen atoms in total. The van der Waals surface area contributed by atoms with Gasteiger partial charge in [0, 0.05) is 6.61 Å². The summed E-state index contributed by atoms with van der Waals surface area (Å²) in [5.74, 6) is 0. The minimum Gasteiger partial charge on any atom is -0.376 e. The average molecular weight is 136 g/mol. The molecule has 0 atom stereocenters. The van der Waals surface area contributed by atoms with E-state index in [0.29, 0.717) is 0 Å². The van der Waals surface area contributed by atoms with Crippen molar-refractivity contribution in [3.8, 4) is 0 Å². The fraction of sp³-hybridized carbons (Fsp3) is 0.875. The fourth-order valence-electron chi connectivity index (χ4n) is 0.480. The quantitative estimate of drug-likeness (QED) is 0.286. The van der Waals surface area contributed by atoms with E-state index in [1.54, 1.807) is 0 Å². The van der Waals surface area contributed by atoms with Gasteiger partial charge in [0.15, 0.2) is 0 Å². The van der Waals surface area contributed by atoms with E-state index >= 15 is 0 Å². The Labute approximate surface area is 76.7 Å². The molecule has 0 rings (SSSR count). The minimum absolute atomic E-state index is 0. The number of hydrogen-bond donors (Lipinski definition) is 0. The van der Waals surface area contributed by atoms with E-state index in [9.17, 15) is 0 Å². The van der Waals surface area contributed by atoms with Gasteiger partial charge < -0.3 is 11.7 Å². The van der Waals surface area contributed by atoms with Gasteiger partial charge in [0.2, 0.25) is 0 Å². The maximum absolute atomic E-state index is 5.43. The van der Waals surface area contributed by atoms with Crippen LogP contribution in [0.5, 0.6) is 0 Å². The second-order valence-corrected chi connectivity index (χ2v) is 3.17. The molecule has 0 aliphatic rings. The van der Waals surface area contributed by atoms with Gasteiger partial charge in [-0.25, -0.2) is 0 Å². The zero-order valence-electron chi connectivity index (χ0n) is 7.74. The smallest absolute Gasteiger partial charge is 0.376 e. The summed E-state index contributed by atoms with van der Waals surface area (Å²) in [5, 5.41) is 0. The molecule has 2 heteroatoms. The summed E-state index contributed by atoms with van der Waals surface area (Å²) in [4.78, 5) is 0. The molecule has 0 spiro atoms. The minimum atomic E-state index is 0. The van der Waals surface area contributed by atoms with Gasteiger partial charge in [0.25, 0.3) is 0 Å². The normalized spacial score (nSPS) is 10.8. The van der Waals surface area contributed by atoms with Gasteiger partial charge in [0.1, 0.15) is 0 Å². The molecule has 0 aromatic heterocycles. The molecule has 0 saturated carbocycles. The molecule has 0 bridgehead atoms. The van der Waals surface area contributed by atoms with Crippen LogP contribution < -0.4 is 18.9 Å². The summed E-state index contributed by atoms with van der Waals surface area (Å²) in [7, 11) is 0. The summed E-state index contributed by atoms with van der Waals surface area (Å²) in [5.41, 5.74) is 0.0230. The number of unbranched alkanes of at least 4 members (excludes halogenated alkanes) is 1. The van der Waals surface area contributed by atoms with Crippen molar-refractivity contribution in [3.05, 3.63) is 6.92 Å². The predicted molar refractivity (Wildman–Crippen MR) is 40.3 cm³/mol. The zero-order chi connectivity index (χ0) is 7.33. The third kappa shape index (κ3) is 11.4. The van der Waals surface area contributed by atoms with E-state index in [1.165, 1.54) is 0 Å². The molecule has 0 aliphatic carbocycles. The van der Waals surface area contributed by atoms with Crippen LogP contribution in [0.2, 0.25) is 0 Å². The summed E-state index contributed by atoms with van der Waals surface area (Å²) in [6, 6.07) is 0. The first-order valence-electron chi connectivity index (χ1n) is 3.49. The molecule has 0 aromatic rings. The van der Waals surface area contributed by atoms with Crippen LogP contribution in [0.3, 0.4) is 0 Å². The van der Waals surface area contributed by atoms with Crippen LogP contribution in [0.4, 0.5) is 0 Å². The first-order valence-corrected chi connectivity index (χ1v) is 3.49. The van der Waals surface area contributed by atoms with Gasteiger partial charge in [-0.3, -0.25) is 0 Å². The van der Waals surface area contributed by atoms with Crippen LogP contribution in [0, 0.1) is 6.92 Å². The predicted octanol–water partition coefficient (Wildman–Crippen LogP) is -0.580. The Morgan fingerprint density at radius 2 is 1.80 bits per heavy atom. The van der Waals surface area contributed by atoms with Crippen LogP contribution in [0.1, 0.15) is 33.6 Å². The Morgan fingerprint density at radius 1 is 1.30 bits per heavy atom. The molecule has 0 saturated heterocycles. The van der Waals surface area contributed by atoms with Crippen LogP contribution in [-0.4, -0.2) is 12.2 Å². The monoisotopic (exact) mass is 136 g/mol. The first-order chi connectivity index (χ1) is 4.06. The van der Waals surface area contributed by atoms with Crippen molar-refractivity contribution in [3.63, 3.8) is 0 Å². The Kier molecular flexibility index (Phi) is 8.27. The second kappa shape index (κ2) is 6.28. The van der Waals surface area contributed by atoms with Gasteiger partial charge >= 0.3 is 18.9 Å². The van der Waals surface area contributed by atoms with Gasteiger partial charge in [-0.05, 0) is 20.8 Å². The summed E-state index contributed by atoms with van der Waals surface area (Å²) in [6.07, 6.45) is 2.04. The molecule has 0 radical (unpaired) electrons. The van der Waals surface area contributed by atoms with Gasteiger partial charge in [0.05, 0.1) is 5.60 Å². The second-order valence-electron chi connectivity index (χ2n) is 3.17. The van der Waals surface area contributed by atoms with Crippen LogP contribution in [0.15, 0.2) is 0 Å². The molecule has 0 aromatic carbocycles. The molecular weight excluding hydrogens is 119 g/mol. The molecule has 0 amide bonds. The first kappa shape index (κ1) is 13.2. The number of rotatable bonds is 3. The van der Waals surface area contributed by atoms with Crippen molar-refractivity contribution in [2.45, 2.75) is 39.2 Å². The van der Waals surface area contributed by atoms with E-state index in [1.807, 2.05) is 0 Å². The van der Waals surface area contributed by atoms with Crippen molar-refractivity contribution < 1.29 is 23.6 Å². The molecule has 0 heterocycles. The third-order valence-corrected chi connectivity index (χ3v) is 0.929. The Morgan fingerprint density at radius 3 is 2.10 bits per heavy atom. The number of hydrogen-bond acceptors (Lipinski definition) is 1. The third-order valence-electron chi connectivity index (χ3n) is 0.929. The maximum atomic E-state index is 5.43. The Balaban J connectivity index is 0. The van der Waals surface area contributed by atoms with Gasteiger partial charge in [-0.2, -0.15) is 6.42 Å². The summed E-state index contributed by atoms with van der Waals surface area (Å²) < 4.78 is 5.43. The SMILES string of the molecule is [CH2-]CCCOC(C)(C)C.[Li+]. The standard InChI is InChI=1S/C8H17O.Li/c1-5-6-7-9-8(2,3)4;/h1,5-7H2,2-4H3;/q-1;+1.